The van der Waals surface area contributed by atoms with E-state index in [4.69, 9.17) is 16.3 Å². The third kappa shape index (κ3) is 4.09. The second-order valence-electron chi connectivity index (χ2n) is 7.22. The van der Waals surface area contributed by atoms with Crippen LogP contribution in [-0.2, 0) is 36.9 Å². The maximum atomic E-state index is 13.1. The van der Waals surface area contributed by atoms with E-state index in [0.717, 1.165) is 0 Å². The van der Waals surface area contributed by atoms with E-state index < -0.39 is 43.6 Å². The summed E-state index contributed by atoms with van der Waals surface area (Å²) >= 11 is 4.79. The molecule has 2 aliphatic rings. The van der Waals surface area contributed by atoms with Crippen molar-refractivity contribution in [3.63, 3.8) is 0 Å². The van der Waals surface area contributed by atoms with E-state index >= 15 is 0 Å². The number of non-ortho nitro benzene ring substituents is 1. The number of carbonyl (C=O) groups excluding carboxylic acids is 3. The van der Waals surface area contributed by atoms with Gasteiger partial charge in [0.25, 0.3) is 5.69 Å². The Labute approximate surface area is 180 Å². The number of alkyl halides is 1. The lowest BCUT2D eigenvalue weighted by molar-refractivity contribution is -0.384. The molecule has 12 heteroatoms. The van der Waals surface area contributed by atoms with Crippen LogP contribution in [0.3, 0.4) is 0 Å². The zero-order valence-corrected chi connectivity index (χ0v) is 17.8. The standard InChI is InChI=1S/C18H20ClN3O7S/c1-10(23)20-11(2)30(28)18(19)8-14-7-15(24)21(14)16(18)17(25)29-9-12-3-5-13(6-4-12)22(26)27/h3-6,11,14,16H,7-9H2,1-2H3,(H,20,23). The highest BCUT2D eigenvalue weighted by Gasteiger charge is 2.68. The SMILES string of the molecule is CC(=O)NC(C)[S+]([O-])C1(Cl)CC2CC(=O)N2C1C(=O)OCc1ccc([N+](=O)[O-])cc1. The van der Waals surface area contributed by atoms with Crippen LogP contribution in [0.5, 0.6) is 0 Å². The Morgan fingerprint density at radius 2 is 2.07 bits per heavy atom. The molecule has 2 heterocycles. The summed E-state index contributed by atoms with van der Waals surface area (Å²) in [5, 5.41) is 12.4. The van der Waals surface area contributed by atoms with Gasteiger partial charge in [-0.2, -0.15) is 0 Å². The first kappa shape index (κ1) is 22.3. The summed E-state index contributed by atoms with van der Waals surface area (Å²) in [5.74, 6) is -1.50. The molecule has 0 bridgehead atoms. The molecular formula is C18H20ClN3O7S. The molecule has 0 saturated carbocycles. The van der Waals surface area contributed by atoms with Gasteiger partial charge in [0.2, 0.25) is 16.0 Å². The average molecular weight is 458 g/mol. The van der Waals surface area contributed by atoms with E-state index in [2.05, 4.69) is 5.32 Å². The molecule has 1 aromatic carbocycles. The number of nitrogens with one attached hydrogen (secondary N) is 1. The molecule has 10 nitrogen and oxygen atoms in total. The number of β-lactam (4-membered cyclic amide) rings is 1. The highest BCUT2D eigenvalue weighted by molar-refractivity contribution is 7.94. The van der Waals surface area contributed by atoms with Gasteiger partial charge >= 0.3 is 5.97 Å². The number of amides is 2. The molecule has 162 valence electrons. The monoisotopic (exact) mass is 457 g/mol. The number of hydrogen-bond donors (Lipinski definition) is 1. The van der Waals surface area contributed by atoms with Gasteiger partial charge < -0.3 is 19.5 Å². The number of benzene rings is 1. The minimum atomic E-state index is -1.89. The highest BCUT2D eigenvalue weighted by Crippen LogP contribution is 2.49. The maximum absolute atomic E-state index is 13.1. The number of halogens is 1. The zero-order valence-electron chi connectivity index (χ0n) is 16.2. The number of carbonyl (C=O) groups is 3. The number of rotatable bonds is 7. The first-order valence-corrected chi connectivity index (χ1v) is 10.7. The van der Waals surface area contributed by atoms with Crippen LogP contribution in [0, 0.1) is 10.1 Å². The van der Waals surface area contributed by atoms with Crippen LogP contribution in [0.4, 0.5) is 5.69 Å². The third-order valence-corrected chi connectivity index (χ3v) is 7.74. The van der Waals surface area contributed by atoms with Crippen molar-refractivity contribution in [3.8, 4) is 0 Å². The molecule has 0 aliphatic carbocycles. The van der Waals surface area contributed by atoms with E-state index in [1.165, 1.54) is 43.0 Å². The number of hydrogen-bond acceptors (Lipinski definition) is 7. The fraction of sp³-hybridized carbons (Fsp3) is 0.500. The average Bonchev–Trinajstić information content (AvgIpc) is 2.93. The van der Waals surface area contributed by atoms with Crippen molar-refractivity contribution in [3.05, 3.63) is 39.9 Å². The van der Waals surface area contributed by atoms with Crippen LogP contribution in [0.25, 0.3) is 0 Å². The Kier molecular flexibility index (Phi) is 6.25. The summed E-state index contributed by atoms with van der Waals surface area (Å²) in [4.78, 5) is 47.8. The van der Waals surface area contributed by atoms with E-state index in [1.807, 2.05) is 0 Å². The van der Waals surface area contributed by atoms with Gasteiger partial charge in [-0.15, -0.1) is 0 Å². The summed E-state index contributed by atoms with van der Waals surface area (Å²) in [5.41, 5.74) is 0.406. The summed E-state index contributed by atoms with van der Waals surface area (Å²) in [6.07, 6.45) is 0.334. The van der Waals surface area contributed by atoms with Crippen LogP contribution in [-0.4, -0.2) is 53.8 Å². The fourth-order valence-corrected chi connectivity index (χ4v) is 6.15. The fourth-order valence-electron chi connectivity index (χ4n) is 3.73. The van der Waals surface area contributed by atoms with Crippen molar-refractivity contribution in [2.24, 2.45) is 0 Å². The first-order chi connectivity index (χ1) is 14.0. The molecular weight excluding hydrogens is 438 g/mol. The van der Waals surface area contributed by atoms with Crippen LogP contribution in [0.2, 0.25) is 0 Å². The van der Waals surface area contributed by atoms with E-state index in [0.29, 0.717) is 5.56 Å². The molecule has 0 spiro atoms. The Balaban J connectivity index is 1.75. The molecule has 5 unspecified atom stereocenters. The van der Waals surface area contributed by atoms with Crippen LogP contribution >= 0.6 is 11.6 Å². The molecule has 2 saturated heterocycles. The second-order valence-corrected chi connectivity index (χ2v) is 10.2. The molecule has 3 rings (SSSR count). The number of fused-ring (bicyclic) bond motifs is 1. The molecule has 0 aromatic heterocycles. The van der Waals surface area contributed by atoms with Gasteiger partial charge in [0.15, 0.2) is 11.4 Å². The molecule has 5 atom stereocenters. The van der Waals surface area contributed by atoms with Crippen molar-refractivity contribution >= 4 is 46.2 Å². The predicted molar refractivity (Wildman–Crippen MR) is 107 cm³/mol. The van der Waals surface area contributed by atoms with Crippen molar-refractivity contribution < 1.29 is 28.6 Å². The van der Waals surface area contributed by atoms with Crippen LogP contribution in [0.1, 0.15) is 32.3 Å². The van der Waals surface area contributed by atoms with Gasteiger partial charge in [-0.3, -0.25) is 19.7 Å². The van der Waals surface area contributed by atoms with Gasteiger partial charge in [-0.25, -0.2) is 4.79 Å². The normalized spacial score (nSPS) is 26.9. The summed E-state index contributed by atoms with van der Waals surface area (Å²) in [6, 6.07) is 3.87. The Bertz CT molecular complexity index is 883. The van der Waals surface area contributed by atoms with Crippen LogP contribution in [0.15, 0.2) is 24.3 Å². The molecule has 1 aromatic rings. The Morgan fingerprint density at radius 1 is 1.43 bits per heavy atom. The number of nitro benzene ring substituents is 1. The molecule has 0 radical (unpaired) electrons. The Hall–Kier alpha value is -2.37. The largest absolute Gasteiger partial charge is 0.613 e. The summed E-state index contributed by atoms with van der Waals surface area (Å²) in [6.45, 7) is 2.59. The van der Waals surface area contributed by atoms with Gasteiger partial charge in [-0.05, 0) is 28.9 Å². The topological polar surface area (TPSA) is 142 Å². The van der Waals surface area contributed by atoms with Crippen molar-refractivity contribution in [2.45, 2.75) is 55.0 Å². The quantitative estimate of drug-likeness (QED) is 0.162. The Morgan fingerprint density at radius 3 is 2.60 bits per heavy atom. The minimum Gasteiger partial charge on any atom is -0.613 e. The first-order valence-electron chi connectivity index (χ1n) is 9.12. The zero-order chi connectivity index (χ0) is 22.2. The lowest BCUT2D eigenvalue weighted by atomic mass is 10.0. The van der Waals surface area contributed by atoms with E-state index in [-0.39, 0.29) is 37.1 Å². The van der Waals surface area contributed by atoms with Crippen molar-refractivity contribution in [1.82, 2.24) is 10.2 Å². The number of nitro groups is 1. The molecule has 2 fully saturated rings. The van der Waals surface area contributed by atoms with Gasteiger partial charge in [0.05, 0.1) is 4.92 Å². The van der Waals surface area contributed by atoms with Gasteiger partial charge in [-0.1, -0.05) is 11.6 Å². The molecule has 30 heavy (non-hydrogen) atoms. The minimum absolute atomic E-state index is 0.1000. The molecule has 2 amide bonds. The number of esters is 1. The lowest BCUT2D eigenvalue weighted by Crippen LogP contribution is -2.60. The smallest absolute Gasteiger partial charge is 0.336 e. The molecule has 2 aliphatic heterocycles. The van der Waals surface area contributed by atoms with Gasteiger partial charge in [0.1, 0.15) is 6.61 Å². The maximum Gasteiger partial charge on any atom is 0.336 e. The second kappa shape index (κ2) is 8.40. The summed E-state index contributed by atoms with van der Waals surface area (Å²) < 4.78 is 16.8. The third-order valence-electron chi connectivity index (χ3n) is 5.11. The highest BCUT2D eigenvalue weighted by atomic mass is 35.5. The van der Waals surface area contributed by atoms with Crippen molar-refractivity contribution in [1.29, 1.82) is 0 Å². The number of nitrogens with zero attached hydrogens (tertiary/aromatic N) is 2. The van der Waals surface area contributed by atoms with Crippen LogP contribution < -0.4 is 5.32 Å². The summed E-state index contributed by atoms with van der Waals surface area (Å²) in [7, 11) is 0. The lowest BCUT2D eigenvalue weighted by Gasteiger charge is -2.38. The number of ether oxygens (including phenoxy) is 1. The van der Waals surface area contributed by atoms with Gasteiger partial charge in [0, 0.05) is 44.9 Å². The van der Waals surface area contributed by atoms with E-state index in [9.17, 15) is 29.1 Å². The van der Waals surface area contributed by atoms with E-state index in [1.54, 1.807) is 0 Å². The molecule has 1 N–H and O–H groups in total. The predicted octanol–water partition coefficient (Wildman–Crippen LogP) is 1.18. The van der Waals surface area contributed by atoms with Crippen molar-refractivity contribution in [2.75, 3.05) is 0 Å².